The lowest BCUT2D eigenvalue weighted by Gasteiger charge is -2.25. The molecule has 0 unspecified atom stereocenters. The van der Waals surface area contributed by atoms with Crippen LogP contribution in [-0.4, -0.2) is 26.7 Å². The van der Waals surface area contributed by atoms with E-state index in [9.17, 15) is 18.0 Å². The van der Waals surface area contributed by atoms with E-state index in [2.05, 4.69) is 5.32 Å². The fraction of sp³-hybridized carbons (Fsp3) is 0.103. The highest BCUT2D eigenvalue weighted by Crippen LogP contribution is 2.27. The minimum absolute atomic E-state index is 0.0684. The van der Waals surface area contributed by atoms with Gasteiger partial charge in [0.15, 0.2) is 5.78 Å². The molecule has 0 saturated carbocycles. The van der Waals surface area contributed by atoms with Crippen molar-refractivity contribution >= 4 is 44.7 Å². The van der Waals surface area contributed by atoms with E-state index in [4.69, 9.17) is 11.6 Å². The van der Waals surface area contributed by atoms with Crippen LogP contribution in [0.3, 0.4) is 0 Å². The molecule has 37 heavy (non-hydrogen) atoms. The maximum absolute atomic E-state index is 13.6. The molecule has 0 radical (unpaired) electrons. The molecule has 4 aromatic rings. The zero-order valence-electron chi connectivity index (χ0n) is 20.3. The zero-order chi connectivity index (χ0) is 26.6. The van der Waals surface area contributed by atoms with Crippen molar-refractivity contribution in [3.05, 3.63) is 124 Å². The molecular formula is C29H25ClN2O4S. The van der Waals surface area contributed by atoms with Crippen LogP contribution in [-0.2, 0) is 14.8 Å². The monoisotopic (exact) mass is 532 g/mol. The predicted molar refractivity (Wildman–Crippen MR) is 147 cm³/mol. The van der Waals surface area contributed by atoms with Gasteiger partial charge in [-0.2, -0.15) is 0 Å². The lowest BCUT2D eigenvalue weighted by atomic mass is 10.0. The molecule has 0 fully saturated rings. The summed E-state index contributed by atoms with van der Waals surface area (Å²) in [6.07, 6.45) is 0. The Balaban J connectivity index is 1.67. The van der Waals surface area contributed by atoms with Crippen LogP contribution >= 0.6 is 11.6 Å². The smallest absolute Gasteiger partial charge is 0.264 e. The molecule has 0 bridgehead atoms. The number of hydrogen-bond donors (Lipinski definition) is 1. The molecular weight excluding hydrogens is 508 g/mol. The summed E-state index contributed by atoms with van der Waals surface area (Å²) in [4.78, 5) is 26.5. The van der Waals surface area contributed by atoms with Gasteiger partial charge in [0, 0.05) is 16.1 Å². The average Bonchev–Trinajstić information content (AvgIpc) is 2.88. The SMILES string of the molecule is Cc1ccc(S(=O)(=O)N(CC(=O)Nc2ccc(Cl)cc2C(=O)c2ccccc2)c2cccc(C)c2)cc1. The maximum atomic E-state index is 13.6. The summed E-state index contributed by atoms with van der Waals surface area (Å²) >= 11 is 6.15. The third-order valence-electron chi connectivity index (χ3n) is 5.72. The fourth-order valence-electron chi connectivity index (χ4n) is 3.81. The second-order valence-corrected chi connectivity index (χ2v) is 10.9. The molecule has 0 aliphatic heterocycles. The Kier molecular flexibility index (Phi) is 7.76. The van der Waals surface area contributed by atoms with E-state index in [1.807, 2.05) is 19.9 Å². The summed E-state index contributed by atoms with van der Waals surface area (Å²) in [5.74, 6) is -0.928. The third-order valence-corrected chi connectivity index (χ3v) is 7.75. The molecule has 0 spiro atoms. The van der Waals surface area contributed by atoms with Gasteiger partial charge in [-0.3, -0.25) is 13.9 Å². The lowest BCUT2D eigenvalue weighted by molar-refractivity contribution is -0.114. The second-order valence-electron chi connectivity index (χ2n) is 8.60. The number of ketones is 1. The first-order chi connectivity index (χ1) is 17.6. The highest BCUT2D eigenvalue weighted by atomic mass is 35.5. The van der Waals surface area contributed by atoms with Crippen LogP contribution in [0.1, 0.15) is 27.0 Å². The topological polar surface area (TPSA) is 83.6 Å². The van der Waals surface area contributed by atoms with E-state index in [-0.39, 0.29) is 21.9 Å². The van der Waals surface area contributed by atoms with Gasteiger partial charge in [0.25, 0.3) is 10.0 Å². The summed E-state index contributed by atoms with van der Waals surface area (Å²) in [6, 6.07) is 26.5. The highest BCUT2D eigenvalue weighted by Gasteiger charge is 2.28. The molecule has 0 aromatic heterocycles. The molecule has 0 atom stereocenters. The van der Waals surface area contributed by atoms with Crippen LogP contribution in [0.25, 0.3) is 0 Å². The summed E-state index contributed by atoms with van der Waals surface area (Å²) in [6.45, 7) is 3.21. The molecule has 188 valence electrons. The minimum atomic E-state index is -4.07. The molecule has 6 nitrogen and oxygen atoms in total. The van der Waals surface area contributed by atoms with Gasteiger partial charge in [-0.05, 0) is 61.9 Å². The van der Waals surface area contributed by atoms with Crippen molar-refractivity contribution in [2.45, 2.75) is 18.7 Å². The van der Waals surface area contributed by atoms with Gasteiger partial charge >= 0.3 is 0 Å². The highest BCUT2D eigenvalue weighted by molar-refractivity contribution is 7.92. The van der Waals surface area contributed by atoms with E-state index in [1.165, 1.54) is 24.3 Å². The van der Waals surface area contributed by atoms with Gasteiger partial charge in [-0.25, -0.2) is 8.42 Å². The predicted octanol–water partition coefficient (Wildman–Crippen LogP) is 6.02. The van der Waals surface area contributed by atoms with Crippen molar-refractivity contribution in [1.29, 1.82) is 0 Å². The van der Waals surface area contributed by atoms with E-state index in [1.54, 1.807) is 66.7 Å². The number of halogens is 1. The van der Waals surface area contributed by atoms with Crippen molar-refractivity contribution in [1.82, 2.24) is 0 Å². The number of sulfonamides is 1. The molecule has 0 heterocycles. The number of nitrogens with zero attached hydrogens (tertiary/aromatic N) is 1. The fourth-order valence-corrected chi connectivity index (χ4v) is 5.40. The number of carbonyl (C=O) groups excluding carboxylic acids is 2. The van der Waals surface area contributed by atoms with Gasteiger partial charge in [0.05, 0.1) is 16.3 Å². The Labute approximate surface area is 221 Å². The molecule has 0 saturated heterocycles. The number of hydrogen-bond acceptors (Lipinski definition) is 4. The number of aryl methyl sites for hydroxylation is 2. The van der Waals surface area contributed by atoms with Crippen molar-refractivity contribution in [2.75, 3.05) is 16.2 Å². The number of anilines is 2. The molecule has 1 amide bonds. The van der Waals surface area contributed by atoms with E-state index >= 15 is 0 Å². The van der Waals surface area contributed by atoms with Gasteiger partial charge in [-0.1, -0.05) is 71.8 Å². The third kappa shape index (κ3) is 6.07. The number of benzene rings is 4. The van der Waals surface area contributed by atoms with E-state index in [0.29, 0.717) is 16.3 Å². The first kappa shape index (κ1) is 26.1. The molecule has 4 aromatic carbocycles. The summed E-state index contributed by atoms with van der Waals surface area (Å²) in [5.41, 5.74) is 2.99. The Morgan fingerprint density at radius 3 is 2.19 bits per heavy atom. The molecule has 4 rings (SSSR count). The van der Waals surface area contributed by atoms with Gasteiger partial charge in [0.1, 0.15) is 6.54 Å². The summed E-state index contributed by atoms with van der Waals surface area (Å²) in [7, 11) is -4.07. The van der Waals surface area contributed by atoms with Crippen LogP contribution in [0.15, 0.2) is 102 Å². The average molecular weight is 533 g/mol. The van der Waals surface area contributed by atoms with Crippen molar-refractivity contribution in [2.24, 2.45) is 0 Å². The van der Waals surface area contributed by atoms with Gasteiger partial charge in [-0.15, -0.1) is 0 Å². The largest absolute Gasteiger partial charge is 0.324 e. The van der Waals surface area contributed by atoms with Crippen molar-refractivity contribution < 1.29 is 18.0 Å². The quantitative estimate of drug-likeness (QED) is 0.281. The van der Waals surface area contributed by atoms with Gasteiger partial charge in [0.2, 0.25) is 5.91 Å². The van der Waals surface area contributed by atoms with Crippen LogP contribution in [0, 0.1) is 13.8 Å². The number of amides is 1. The van der Waals surface area contributed by atoms with Crippen LogP contribution in [0.5, 0.6) is 0 Å². The van der Waals surface area contributed by atoms with Crippen molar-refractivity contribution in [3.63, 3.8) is 0 Å². The first-order valence-corrected chi connectivity index (χ1v) is 13.3. The number of nitrogens with one attached hydrogen (secondary N) is 1. The standard InChI is InChI=1S/C29H25ClN2O4S/c1-20-11-14-25(15-12-20)37(35,36)32(24-10-6-7-21(2)17-24)19-28(33)31-27-16-13-23(30)18-26(27)29(34)22-8-4-3-5-9-22/h3-18H,19H2,1-2H3,(H,31,33). The number of carbonyl (C=O) groups is 2. The van der Waals surface area contributed by atoms with Crippen molar-refractivity contribution in [3.8, 4) is 0 Å². The van der Waals surface area contributed by atoms with E-state index in [0.717, 1.165) is 15.4 Å². The minimum Gasteiger partial charge on any atom is -0.324 e. The second kappa shape index (κ2) is 11.0. The molecule has 8 heteroatoms. The first-order valence-electron chi connectivity index (χ1n) is 11.5. The van der Waals surface area contributed by atoms with Gasteiger partial charge < -0.3 is 5.32 Å². The molecule has 1 N–H and O–H groups in total. The lowest BCUT2D eigenvalue weighted by Crippen LogP contribution is -2.38. The van der Waals surface area contributed by atoms with Crippen LogP contribution in [0.2, 0.25) is 5.02 Å². The number of rotatable bonds is 8. The summed E-state index contributed by atoms with van der Waals surface area (Å²) < 4.78 is 28.3. The molecule has 0 aliphatic rings. The normalized spacial score (nSPS) is 11.1. The Bertz CT molecular complexity index is 1550. The van der Waals surface area contributed by atoms with Crippen LogP contribution in [0.4, 0.5) is 11.4 Å². The Morgan fingerprint density at radius 1 is 0.811 bits per heavy atom. The molecule has 0 aliphatic carbocycles. The van der Waals surface area contributed by atoms with Crippen LogP contribution < -0.4 is 9.62 Å². The maximum Gasteiger partial charge on any atom is 0.264 e. The zero-order valence-corrected chi connectivity index (χ0v) is 21.9. The Morgan fingerprint density at radius 2 is 1.51 bits per heavy atom. The Hall–Kier alpha value is -3.94. The summed E-state index contributed by atoms with van der Waals surface area (Å²) in [5, 5.41) is 3.05. The van der Waals surface area contributed by atoms with E-state index < -0.39 is 22.5 Å².